The molecule has 2 unspecified atom stereocenters. The number of anilines is 2. The summed E-state index contributed by atoms with van der Waals surface area (Å²) in [6.45, 7) is 2.12. The van der Waals surface area contributed by atoms with Crippen LogP contribution in [-0.4, -0.2) is 92.7 Å². The van der Waals surface area contributed by atoms with Crippen LogP contribution in [0.5, 0.6) is 6.01 Å². The normalized spacial score (nSPS) is 26.3. The Morgan fingerprint density at radius 3 is 2.69 bits per heavy atom. The number of hydrogen-bond donors (Lipinski definition) is 1. The number of halogens is 7. The van der Waals surface area contributed by atoms with Gasteiger partial charge in [-0.05, 0) is 44.4 Å². The Morgan fingerprint density at radius 2 is 1.92 bits per heavy atom. The zero-order valence-corrected chi connectivity index (χ0v) is 28.8. The van der Waals surface area contributed by atoms with Crippen LogP contribution in [-0.2, 0) is 37.0 Å². The number of fused-ring (bicyclic) bond motifs is 3. The quantitative estimate of drug-likeness (QED) is 0.260. The van der Waals surface area contributed by atoms with Crippen molar-refractivity contribution in [2.45, 2.75) is 88.4 Å². The van der Waals surface area contributed by atoms with E-state index in [1.807, 2.05) is 4.90 Å². The van der Waals surface area contributed by atoms with Crippen molar-refractivity contribution >= 4 is 29.0 Å². The molecule has 0 saturated carbocycles. The van der Waals surface area contributed by atoms with Gasteiger partial charge >= 0.3 is 12.2 Å². The molecule has 0 radical (unpaired) electrons. The molecule has 0 bridgehead atoms. The van der Waals surface area contributed by atoms with Crippen molar-refractivity contribution in [2.24, 2.45) is 0 Å². The molecule has 0 spiro atoms. The number of carbonyl (C=O) groups excluding carboxylic acids is 1. The van der Waals surface area contributed by atoms with E-state index in [9.17, 15) is 26.7 Å². The van der Waals surface area contributed by atoms with Gasteiger partial charge in [0.05, 0.1) is 59.0 Å². The SMILES string of the molecule is Nc1ccc(C(F)(F)F)c(C2Cc3nc(OC[C@@]45CCCN4C[C@H](F)C5)nc(N4CCCn5nc(C(=O)N6CCC(F)C6)c(Cl)c5C4)c3CO2)c1F. The van der Waals surface area contributed by atoms with Gasteiger partial charge in [0.1, 0.15) is 24.8 Å². The van der Waals surface area contributed by atoms with Crippen LogP contribution in [0.4, 0.5) is 37.8 Å². The van der Waals surface area contributed by atoms with Crippen LogP contribution < -0.4 is 15.4 Å². The molecular formula is C34H37ClF6N8O3. The molecule has 2 aromatic heterocycles. The lowest BCUT2D eigenvalue weighted by Gasteiger charge is -2.33. The standard InChI is InChI=1S/C34H37ClF6N8O3/c35-27-24-15-46(7-2-9-49(24)45-29(27)31(50)47-10-5-18(36)13-47)30-20-16-51-25(26-21(34(39,40)41)3-4-22(42)28(26)38)11-23(20)43-32(44-30)52-17-33-6-1-8-48(33)14-19(37)12-33/h3-4,18-19,25H,1-2,5-17,42H2/t18?,19-,25?,33+/m1/s1. The summed E-state index contributed by atoms with van der Waals surface area (Å²) in [5, 5.41) is 4.63. The van der Waals surface area contributed by atoms with Gasteiger partial charge in [-0.15, -0.1) is 0 Å². The number of amides is 1. The molecule has 3 saturated heterocycles. The minimum absolute atomic E-state index is 0.0280. The summed E-state index contributed by atoms with van der Waals surface area (Å²) in [5.41, 5.74) is 4.17. The fourth-order valence-electron chi connectivity index (χ4n) is 8.41. The Kier molecular flexibility index (Phi) is 8.96. The van der Waals surface area contributed by atoms with Gasteiger partial charge < -0.3 is 25.0 Å². The van der Waals surface area contributed by atoms with Gasteiger partial charge in [-0.3, -0.25) is 14.4 Å². The highest BCUT2D eigenvalue weighted by Crippen LogP contribution is 2.44. The van der Waals surface area contributed by atoms with E-state index in [4.69, 9.17) is 31.8 Å². The Hall–Kier alpha value is -3.83. The number of carbonyl (C=O) groups is 1. The maximum absolute atomic E-state index is 15.4. The van der Waals surface area contributed by atoms with Crippen molar-refractivity contribution in [3.05, 3.63) is 56.7 Å². The number of nitrogen functional groups attached to an aromatic ring is 1. The number of alkyl halides is 5. The summed E-state index contributed by atoms with van der Waals surface area (Å²) in [6, 6.07) is 1.55. The van der Waals surface area contributed by atoms with Crippen molar-refractivity contribution in [3.63, 3.8) is 0 Å². The molecule has 4 atom stereocenters. The monoisotopic (exact) mass is 754 g/mol. The number of benzene rings is 1. The zero-order chi connectivity index (χ0) is 36.5. The molecule has 18 heteroatoms. The second kappa shape index (κ2) is 13.2. The highest BCUT2D eigenvalue weighted by molar-refractivity contribution is 6.34. The summed E-state index contributed by atoms with van der Waals surface area (Å²) >= 11 is 6.80. The minimum Gasteiger partial charge on any atom is -0.461 e. The van der Waals surface area contributed by atoms with Crippen molar-refractivity contribution in [1.29, 1.82) is 0 Å². The topological polar surface area (TPSA) is 115 Å². The van der Waals surface area contributed by atoms with Crippen LogP contribution in [0.1, 0.15) is 76.8 Å². The molecule has 8 rings (SSSR count). The molecule has 0 aliphatic carbocycles. The molecule has 1 amide bonds. The van der Waals surface area contributed by atoms with E-state index in [-0.39, 0.29) is 62.4 Å². The van der Waals surface area contributed by atoms with Crippen LogP contribution in [0, 0.1) is 5.82 Å². The predicted octanol–water partition coefficient (Wildman–Crippen LogP) is 5.43. The summed E-state index contributed by atoms with van der Waals surface area (Å²) in [5.74, 6) is -1.30. The Labute approximate surface area is 300 Å². The molecule has 5 aliphatic heterocycles. The third kappa shape index (κ3) is 6.21. The van der Waals surface area contributed by atoms with E-state index in [1.165, 1.54) is 4.90 Å². The Bertz CT molecular complexity index is 1900. The molecule has 11 nitrogen and oxygen atoms in total. The molecular weight excluding hydrogens is 718 g/mol. The highest BCUT2D eigenvalue weighted by atomic mass is 35.5. The summed E-state index contributed by atoms with van der Waals surface area (Å²) in [7, 11) is 0. The van der Waals surface area contributed by atoms with Crippen molar-refractivity contribution in [2.75, 3.05) is 50.0 Å². The maximum atomic E-state index is 15.4. The van der Waals surface area contributed by atoms with E-state index < -0.39 is 58.7 Å². The zero-order valence-electron chi connectivity index (χ0n) is 28.1. The fourth-order valence-corrected chi connectivity index (χ4v) is 8.69. The number of ether oxygens (including phenoxy) is 2. The van der Waals surface area contributed by atoms with Gasteiger partial charge in [-0.25, -0.2) is 13.2 Å². The first-order valence-corrected chi connectivity index (χ1v) is 17.8. The largest absolute Gasteiger partial charge is 0.461 e. The van der Waals surface area contributed by atoms with Crippen LogP contribution >= 0.6 is 11.6 Å². The minimum atomic E-state index is -4.88. The van der Waals surface area contributed by atoms with Gasteiger partial charge in [0.2, 0.25) is 0 Å². The number of aromatic nitrogens is 4. The smallest absolute Gasteiger partial charge is 0.416 e. The van der Waals surface area contributed by atoms with Gasteiger partial charge in [0, 0.05) is 50.1 Å². The fraction of sp³-hybridized carbons (Fsp3) is 0.588. The molecule has 52 heavy (non-hydrogen) atoms. The molecule has 2 N–H and O–H groups in total. The van der Waals surface area contributed by atoms with Gasteiger partial charge in [0.25, 0.3) is 5.91 Å². The highest BCUT2D eigenvalue weighted by Gasteiger charge is 2.49. The van der Waals surface area contributed by atoms with E-state index >= 15 is 4.39 Å². The van der Waals surface area contributed by atoms with Crippen molar-refractivity contribution in [1.82, 2.24) is 29.5 Å². The number of likely N-dealkylation sites (tertiary alicyclic amines) is 1. The summed E-state index contributed by atoms with van der Waals surface area (Å²) < 4.78 is 100. The predicted molar refractivity (Wildman–Crippen MR) is 176 cm³/mol. The number of aryl methyl sites for hydroxylation is 1. The third-order valence-corrected chi connectivity index (χ3v) is 11.4. The Morgan fingerprint density at radius 1 is 1.10 bits per heavy atom. The summed E-state index contributed by atoms with van der Waals surface area (Å²) in [6.07, 6.45) is -5.90. The summed E-state index contributed by atoms with van der Waals surface area (Å²) in [4.78, 5) is 28.0. The average Bonchev–Trinajstić information content (AvgIpc) is 3.82. The lowest BCUT2D eigenvalue weighted by molar-refractivity contribution is -0.140. The van der Waals surface area contributed by atoms with Gasteiger partial charge in [-0.2, -0.15) is 28.2 Å². The number of nitrogens with zero attached hydrogens (tertiary/aromatic N) is 7. The molecule has 280 valence electrons. The van der Waals surface area contributed by atoms with E-state index in [1.54, 1.807) is 4.68 Å². The molecule has 3 aromatic rings. The van der Waals surface area contributed by atoms with Crippen molar-refractivity contribution in [3.8, 4) is 6.01 Å². The lowest BCUT2D eigenvalue weighted by Crippen LogP contribution is -2.43. The number of rotatable bonds is 6. The van der Waals surface area contributed by atoms with Crippen LogP contribution in [0.15, 0.2) is 12.1 Å². The van der Waals surface area contributed by atoms with Gasteiger partial charge in [-0.1, -0.05) is 11.6 Å². The molecule has 1 aromatic carbocycles. The first-order chi connectivity index (χ1) is 24.8. The van der Waals surface area contributed by atoms with Crippen molar-refractivity contribution < 1.29 is 40.6 Å². The van der Waals surface area contributed by atoms with E-state index in [2.05, 4.69) is 15.0 Å². The lowest BCUT2D eigenvalue weighted by atomic mass is 9.94. The number of nitrogens with two attached hydrogens (primary N) is 1. The average molecular weight is 755 g/mol. The van der Waals surface area contributed by atoms with Crippen LogP contribution in [0.25, 0.3) is 0 Å². The third-order valence-electron chi connectivity index (χ3n) is 11.0. The van der Waals surface area contributed by atoms with E-state index in [0.29, 0.717) is 55.2 Å². The molecule has 7 heterocycles. The maximum Gasteiger partial charge on any atom is 0.416 e. The number of hydrogen-bond acceptors (Lipinski definition) is 9. The van der Waals surface area contributed by atoms with Gasteiger partial charge in [0.15, 0.2) is 11.5 Å². The first-order valence-electron chi connectivity index (χ1n) is 17.4. The van der Waals surface area contributed by atoms with Crippen LogP contribution in [0.2, 0.25) is 5.02 Å². The first kappa shape index (κ1) is 35.2. The molecule has 5 aliphatic rings. The van der Waals surface area contributed by atoms with E-state index in [0.717, 1.165) is 31.5 Å². The van der Waals surface area contributed by atoms with Crippen LogP contribution in [0.3, 0.4) is 0 Å². The molecule has 3 fully saturated rings. The second-order valence-corrected chi connectivity index (χ2v) is 14.7. The second-order valence-electron chi connectivity index (χ2n) is 14.3. The Balaban J connectivity index is 1.15.